The van der Waals surface area contributed by atoms with Crippen LogP contribution in [-0.2, 0) is 14.3 Å². The van der Waals surface area contributed by atoms with E-state index in [1.165, 1.54) is 4.90 Å². The first-order valence-electron chi connectivity index (χ1n) is 8.63. The third-order valence-corrected chi connectivity index (χ3v) is 4.17. The molecule has 1 saturated heterocycles. The Hall–Kier alpha value is -2.70. The Morgan fingerprint density at radius 3 is 2.35 bits per heavy atom. The number of imide groups is 1. The molecule has 3 amide bonds. The Morgan fingerprint density at radius 2 is 1.73 bits per heavy atom. The summed E-state index contributed by atoms with van der Waals surface area (Å²) in [5.74, 6) is -0.376. The SMILES string of the molecule is CCOC(C)O[C@H]1C(=O)N(C(=O)Nc2ccccc2)[C@H]1c1ccccc1. The zero-order chi connectivity index (χ0) is 18.5. The molecule has 136 valence electrons. The summed E-state index contributed by atoms with van der Waals surface area (Å²) >= 11 is 0. The van der Waals surface area contributed by atoms with Crippen molar-refractivity contribution in [3.8, 4) is 0 Å². The van der Waals surface area contributed by atoms with Gasteiger partial charge in [-0.2, -0.15) is 0 Å². The Bertz CT molecular complexity index is 751. The van der Waals surface area contributed by atoms with Gasteiger partial charge in [-0.05, 0) is 31.5 Å². The average Bonchev–Trinajstić information content (AvgIpc) is 2.65. The van der Waals surface area contributed by atoms with E-state index in [1.807, 2.05) is 55.5 Å². The molecule has 0 saturated carbocycles. The number of rotatable bonds is 6. The van der Waals surface area contributed by atoms with E-state index in [9.17, 15) is 9.59 Å². The van der Waals surface area contributed by atoms with Crippen LogP contribution in [0.5, 0.6) is 0 Å². The lowest BCUT2D eigenvalue weighted by atomic mass is 9.91. The van der Waals surface area contributed by atoms with Crippen molar-refractivity contribution in [2.24, 2.45) is 0 Å². The average molecular weight is 354 g/mol. The second-order valence-corrected chi connectivity index (χ2v) is 5.94. The Kier molecular flexibility index (Phi) is 5.65. The van der Waals surface area contributed by atoms with E-state index in [4.69, 9.17) is 9.47 Å². The normalized spacial score (nSPS) is 20.4. The molecule has 26 heavy (non-hydrogen) atoms. The number of anilines is 1. The van der Waals surface area contributed by atoms with E-state index in [0.717, 1.165) is 5.56 Å². The maximum Gasteiger partial charge on any atom is 0.329 e. The summed E-state index contributed by atoms with van der Waals surface area (Å²) in [6.07, 6.45) is -1.28. The predicted molar refractivity (Wildman–Crippen MR) is 97.5 cm³/mol. The largest absolute Gasteiger partial charge is 0.353 e. The molecule has 0 aromatic heterocycles. The number of amides is 3. The Morgan fingerprint density at radius 1 is 1.12 bits per heavy atom. The summed E-state index contributed by atoms with van der Waals surface area (Å²) in [4.78, 5) is 26.5. The van der Waals surface area contributed by atoms with Crippen molar-refractivity contribution in [3.05, 3.63) is 66.2 Å². The van der Waals surface area contributed by atoms with Gasteiger partial charge < -0.3 is 14.8 Å². The first-order chi connectivity index (χ1) is 12.6. The first-order valence-corrected chi connectivity index (χ1v) is 8.63. The van der Waals surface area contributed by atoms with Crippen LogP contribution in [0.3, 0.4) is 0 Å². The number of para-hydroxylation sites is 1. The molecule has 1 aliphatic heterocycles. The molecule has 3 atom stereocenters. The number of nitrogens with one attached hydrogen (secondary N) is 1. The van der Waals surface area contributed by atoms with Gasteiger partial charge in [0, 0.05) is 12.3 Å². The summed E-state index contributed by atoms with van der Waals surface area (Å²) in [7, 11) is 0. The summed E-state index contributed by atoms with van der Waals surface area (Å²) < 4.78 is 11.1. The Balaban J connectivity index is 1.79. The van der Waals surface area contributed by atoms with Crippen molar-refractivity contribution in [1.82, 2.24) is 4.90 Å². The van der Waals surface area contributed by atoms with E-state index in [-0.39, 0.29) is 5.91 Å². The Labute approximate surface area is 152 Å². The highest BCUT2D eigenvalue weighted by atomic mass is 16.7. The molecule has 0 radical (unpaired) electrons. The van der Waals surface area contributed by atoms with E-state index < -0.39 is 24.5 Å². The molecule has 1 N–H and O–H groups in total. The van der Waals surface area contributed by atoms with E-state index >= 15 is 0 Å². The second-order valence-electron chi connectivity index (χ2n) is 5.94. The zero-order valence-electron chi connectivity index (χ0n) is 14.8. The summed E-state index contributed by atoms with van der Waals surface area (Å²) in [6, 6.07) is 17.4. The maximum atomic E-state index is 12.7. The first kappa shape index (κ1) is 18.1. The van der Waals surface area contributed by atoms with Crippen molar-refractivity contribution in [1.29, 1.82) is 0 Å². The number of β-lactam (4-membered cyclic amide) rings is 1. The lowest BCUT2D eigenvalue weighted by Gasteiger charge is -2.45. The fourth-order valence-electron chi connectivity index (χ4n) is 2.98. The number of ether oxygens (including phenoxy) is 2. The summed E-state index contributed by atoms with van der Waals surface area (Å²) in [5, 5.41) is 2.75. The number of urea groups is 1. The van der Waals surface area contributed by atoms with Gasteiger partial charge in [-0.1, -0.05) is 48.5 Å². The fourth-order valence-corrected chi connectivity index (χ4v) is 2.98. The van der Waals surface area contributed by atoms with Gasteiger partial charge in [0.1, 0.15) is 6.04 Å². The number of carbonyl (C=O) groups excluding carboxylic acids is 2. The highest BCUT2D eigenvalue weighted by Gasteiger charge is 2.53. The van der Waals surface area contributed by atoms with Gasteiger partial charge in [0.25, 0.3) is 5.91 Å². The van der Waals surface area contributed by atoms with Gasteiger partial charge >= 0.3 is 6.03 Å². The third kappa shape index (κ3) is 3.76. The van der Waals surface area contributed by atoms with Crippen LogP contribution in [0.4, 0.5) is 10.5 Å². The van der Waals surface area contributed by atoms with E-state index in [0.29, 0.717) is 12.3 Å². The minimum atomic E-state index is -0.750. The number of carbonyl (C=O) groups is 2. The molecule has 1 heterocycles. The molecule has 2 aromatic carbocycles. The van der Waals surface area contributed by atoms with Crippen LogP contribution in [0.1, 0.15) is 25.5 Å². The van der Waals surface area contributed by atoms with Gasteiger partial charge in [-0.25, -0.2) is 4.79 Å². The topological polar surface area (TPSA) is 67.9 Å². The van der Waals surface area contributed by atoms with Crippen molar-refractivity contribution in [2.45, 2.75) is 32.3 Å². The lowest BCUT2D eigenvalue weighted by Crippen LogP contribution is -2.63. The van der Waals surface area contributed by atoms with Crippen LogP contribution in [0, 0.1) is 0 Å². The standard InChI is InChI=1S/C20H22N2O4/c1-3-25-14(2)26-18-17(15-10-6-4-7-11-15)22(19(18)23)20(24)21-16-12-8-5-9-13-16/h4-14,17-18H,3H2,1-2H3,(H,21,24)/t14?,17-,18+/m0/s1. The van der Waals surface area contributed by atoms with Gasteiger partial charge in [0.2, 0.25) is 0 Å². The minimum absolute atomic E-state index is 0.376. The third-order valence-electron chi connectivity index (χ3n) is 4.17. The van der Waals surface area contributed by atoms with Crippen molar-refractivity contribution in [2.75, 3.05) is 11.9 Å². The zero-order valence-corrected chi connectivity index (χ0v) is 14.8. The molecule has 6 heteroatoms. The number of benzene rings is 2. The van der Waals surface area contributed by atoms with Crippen LogP contribution in [0.25, 0.3) is 0 Å². The fraction of sp³-hybridized carbons (Fsp3) is 0.300. The molecular weight excluding hydrogens is 332 g/mol. The van der Waals surface area contributed by atoms with Crippen LogP contribution in [0.15, 0.2) is 60.7 Å². The highest BCUT2D eigenvalue weighted by Crippen LogP contribution is 2.38. The molecule has 0 bridgehead atoms. The van der Waals surface area contributed by atoms with Gasteiger partial charge in [-0.15, -0.1) is 0 Å². The van der Waals surface area contributed by atoms with Crippen LogP contribution in [0.2, 0.25) is 0 Å². The maximum absolute atomic E-state index is 12.7. The minimum Gasteiger partial charge on any atom is -0.353 e. The number of nitrogens with zero attached hydrogens (tertiary/aromatic N) is 1. The monoisotopic (exact) mass is 354 g/mol. The van der Waals surface area contributed by atoms with Crippen molar-refractivity contribution >= 4 is 17.6 Å². The van der Waals surface area contributed by atoms with Crippen LogP contribution in [-0.4, -0.2) is 35.8 Å². The van der Waals surface area contributed by atoms with Gasteiger partial charge in [0.05, 0.1) is 0 Å². The van der Waals surface area contributed by atoms with Crippen molar-refractivity contribution in [3.63, 3.8) is 0 Å². The summed E-state index contributed by atoms with van der Waals surface area (Å²) in [5.41, 5.74) is 1.47. The molecule has 1 fully saturated rings. The van der Waals surface area contributed by atoms with E-state index in [2.05, 4.69) is 5.32 Å². The predicted octanol–water partition coefficient (Wildman–Crippen LogP) is 3.57. The van der Waals surface area contributed by atoms with Crippen LogP contribution < -0.4 is 5.32 Å². The molecule has 3 rings (SSSR count). The highest BCUT2D eigenvalue weighted by molar-refractivity contribution is 6.07. The number of hydrogen-bond acceptors (Lipinski definition) is 4. The smallest absolute Gasteiger partial charge is 0.329 e. The molecular formula is C20H22N2O4. The van der Waals surface area contributed by atoms with Gasteiger partial charge in [-0.3, -0.25) is 9.69 Å². The van der Waals surface area contributed by atoms with Crippen LogP contribution >= 0.6 is 0 Å². The van der Waals surface area contributed by atoms with Gasteiger partial charge in [0.15, 0.2) is 12.4 Å². The van der Waals surface area contributed by atoms with Crippen molar-refractivity contribution < 1.29 is 19.1 Å². The van der Waals surface area contributed by atoms with E-state index in [1.54, 1.807) is 19.1 Å². The summed E-state index contributed by atoms with van der Waals surface area (Å²) in [6.45, 7) is 4.08. The molecule has 1 aliphatic rings. The molecule has 2 aromatic rings. The number of hydrogen-bond donors (Lipinski definition) is 1. The quantitative estimate of drug-likeness (QED) is 0.636. The lowest BCUT2D eigenvalue weighted by molar-refractivity contribution is -0.208. The molecule has 1 unspecified atom stereocenters. The molecule has 0 spiro atoms. The molecule has 6 nitrogen and oxygen atoms in total. The second kappa shape index (κ2) is 8.12. The molecule has 0 aliphatic carbocycles. The number of likely N-dealkylation sites (tertiary alicyclic amines) is 1.